The average molecular weight is 443 g/mol. The Bertz CT molecular complexity index is 1020. The molecule has 1 aromatic carbocycles. The number of cyclic esters (lactones) is 1. The number of hydrogen-bond donors (Lipinski definition) is 1. The molecule has 1 saturated heterocycles. The maximum Gasteiger partial charge on any atom is 0.415 e. The molecule has 9 nitrogen and oxygen atoms in total. The van der Waals surface area contributed by atoms with Crippen LogP contribution in [0.1, 0.15) is 37.5 Å². The van der Waals surface area contributed by atoms with E-state index in [4.69, 9.17) is 9.47 Å². The smallest absolute Gasteiger partial charge is 0.415 e. The van der Waals surface area contributed by atoms with E-state index in [0.29, 0.717) is 19.6 Å². The lowest BCUT2D eigenvalue weighted by Gasteiger charge is -2.12. The summed E-state index contributed by atoms with van der Waals surface area (Å²) in [6.07, 6.45) is -0.387. The van der Waals surface area contributed by atoms with Crippen molar-refractivity contribution in [2.24, 2.45) is 0 Å². The van der Waals surface area contributed by atoms with Crippen molar-refractivity contribution in [2.75, 3.05) is 38.3 Å². The Hall–Kier alpha value is -3.24. The highest BCUT2D eigenvalue weighted by Gasteiger charge is 2.36. The molecule has 2 aliphatic rings. The highest BCUT2D eigenvalue weighted by molar-refractivity contribution is 7.14. The quantitative estimate of drug-likeness (QED) is 0.495. The van der Waals surface area contributed by atoms with Crippen molar-refractivity contribution in [1.82, 2.24) is 10.2 Å². The van der Waals surface area contributed by atoms with E-state index in [-0.39, 0.29) is 35.7 Å². The number of thiophene rings is 1. The van der Waals surface area contributed by atoms with E-state index in [0.717, 1.165) is 5.00 Å². The number of carbonyl (C=O) groups is 4. The maximum absolute atomic E-state index is 12.6. The van der Waals surface area contributed by atoms with Gasteiger partial charge in [-0.3, -0.25) is 24.2 Å². The first-order valence-corrected chi connectivity index (χ1v) is 10.7. The van der Waals surface area contributed by atoms with Crippen molar-refractivity contribution in [3.8, 4) is 0 Å². The first kappa shape index (κ1) is 21.0. The van der Waals surface area contributed by atoms with Gasteiger partial charge in [-0.1, -0.05) is 0 Å². The van der Waals surface area contributed by atoms with Crippen molar-refractivity contribution < 1.29 is 28.7 Å². The lowest BCUT2D eigenvalue weighted by Crippen LogP contribution is -2.34. The lowest BCUT2D eigenvalue weighted by molar-refractivity contribution is 0.0638. The molecule has 2 aliphatic heterocycles. The molecule has 10 heteroatoms. The zero-order valence-electron chi connectivity index (χ0n) is 16.8. The summed E-state index contributed by atoms with van der Waals surface area (Å²) < 4.78 is 10.3. The number of imide groups is 1. The minimum absolute atomic E-state index is 0.138. The van der Waals surface area contributed by atoms with E-state index in [1.807, 2.05) is 17.5 Å². The van der Waals surface area contributed by atoms with Gasteiger partial charge in [0.2, 0.25) is 0 Å². The largest absolute Gasteiger partial charge is 0.442 e. The Morgan fingerprint density at radius 2 is 2.03 bits per heavy atom. The molecular weight excluding hydrogens is 422 g/mol. The standard InChI is InChI=1S/C21H21N3O6S/c1-29-8-3-7-23-19(26)15-6-5-13(10-16(15)20(23)27)18(25)22-11-14-12-24(21(28)30-14)17-4-2-9-31-17/h2,4-6,9-10,14H,3,7-8,11-12H2,1H3,(H,22,25). The molecular formula is C21H21N3O6S. The summed E-state index contributed by atoms with van der Waals surface area (Å²) >= 11 is 1.43. The second-order valence-electron chi connectivity index (χ2n) is 7.15. The van der Waals surface area contributed by atoms with Crippen molar-refractivity contribution in [1.29, 1.82) is 0 Å². The van der Waals surface area contributed by atoms with Crippen molar-refractivity contribution in [3.05, 3.63) is 52.4 Å². The van der Waals surface area contributed by atoms with Crippen LogP contribution in [-0.4, -0.2) is 68.2 Å². The van der Waals surface area contributed by atoms with Crippen LogP contribution in [0.4, 0.5) is 9.80 Å². The summed E-state index contributed by atoms with van der Waals surface area (Å²) in [6, 6.07) is 8.11. The summed E-state index contributed by atoms with van der Waals surface area (Å²) in [7, 11) is 1.56. The first-order chi connectivity index (χ1) is 15.0. The molecule has 4 amide bonds. The van der Waals surface area contributed by atoms with Gasteiger partial charge in [0.15, 0.2) is 0 Å². The number of hydrogen-bond acceptors (Lipinski definition) is 7. The number of fused-ring (bicyclic) bond motifs is 1. The van der Waals surface area contributed by atoms with Crippen LogP contribution in [-0.2, 0) is 9.47 Å². The van der Waals surface area contributed by atoms with E-state index in [9.17, 15) is 19.2 Å². The Morgan fingerprint density at radius 1 is 1.23 bits per heavy atom. The Morgan fingerprint density at radius 3 is 2.77 bits per heavy atom. The molecule has 1 unspecified atom stereocenters. The van der Waals surface area contributed by atoms with Gasteiger partial charge < -0.3 is 14.8 Å². The molecule has 0 spiro atoms. The SMILES string of the molecule is COCCCN1C(=O)c2ccc(C(=O)NCC3CN(c4cccs4)C(=O)O3)cc2C1=O. The van der Waals surface area contributed by atoms with Crippen molar-refractivity contribution in [3.63, 3.8) is 0 Å². The van der Waals surface area contributed by atoms with Crippen LogP contribution < -0.4 is 10.2 Å². The van der Waals surface area contributed by atoms with E-state index >= 15 is 0 Å². The van der Waals surface area contributed by atoms with E-state index in [1.54, 1.807) is 7.11 Å². The van der Waals surface area contributed by atoms with Crippen LogP contribution in [0.25, 0.3) is 0 Å². The summed E-state index contributed by atoms with van der Waals surface area (Å²) in [5, 5.41) is 5.39. The topological polar surface area (TPSA) is 105 Å². The van der Waals surface area contributed by atoms with E-state index in [2.05, 4.69) is 5.32 Å². The zero-order valence-corrected chi connectivity index (χ0v) is 17.6. The maximum atomic E-state index is 12.6. The molecule has 1 atom stereocenters. The Labute approximate surface area is 182 Å². The van der Waals surface area contributed by atoms with Gasteiger partial charge in [-0.05, 0) is 42.1 Å². The number of benzene rings is 1. The Balaban J connectivity index is 1.37. The molecule has 0 bridgehead atoms. The number of ether oxygens (including phenoxy) is 2. The molecule has 162 valence electrons. The molecule has 1 fully saturated rings. The number of methoxy groups -OCH3 is 1. The predicted octanol–water partition coefficient (Wildman–Crippen LogP) is 2.14. The number of anilines is 1. The van der Waals surface area contributed by atoms with Gasteiger partial charge >= 0.3 is 6.09 Å². The molecule has 31 heavy (non-hydrogen) atoms. The minimum Gasteiger partial charge on any atom is -0.442 e. The molecule has 1 aromatic heterocycles. The minimum atomic E-state index is -0.479. The molecule has 2 aromatic rings. The highest BCUT2D eigenvalue weighted by atomic mass is 32.1. The van der Waals surface area contributed by atoms with E-state index < -0.39 is 24.0 Å². The third kappa shape index (κ3) is 4.17. The van der Waals surface area contributed by atoms with Crippen LogP contribution in [0.5, 0.6) is 0 Å². The van der Waals surface area contributed by atoms with Gasteiger partial charge in [0.25, 0.3) is 17.7 Å². The monoisotopic (exact) mass is 443 g/mol. The number of amides is 4. The van der Waals surface area contributed by atoms with Gasteiger partial charge in [-0.15, -0.1) is 11.3 Å². The normalized spacial score (nSPS) is 17.8. The molecule has 0 aliphatic carbocycles. The summed E-state index contributed by atoms with van der Waals surface area (Å²) in [6.45, 7) is 1.18. The van der Waals surface area contributed by atoms with Crippen LogP contribution >= 0.6 is 11.3 Å². The van der Waals surface area contributed by atoms with Gasteiger partial charge in [0.1, 0.15) is 11.1 Å². The molecule has 0 radical (unpaired) electrons. The summed E-state index contributed by atoms with van der Waals surface area (Å²) in [4.78, 5) is 52.4. The second-order valence-corrected chi connectivity index (χ2v) is 8.07. The fraction of sp³-hybridized carbons (Fsp3) is 0.333. The second kappa shape index (κ2) is 8.86. The van der Waals surface area contributed by atoms with Crippen molar-refractivity contribution >= 4 is 40.2 Å². The summed E-state index contributed by atoms with van der Waals surface area (Å²) in [5.74, 6) is -1.19. The van der Waals surface area contributed by atoms with Gasteiger partial charge in [-0.2, -0.15) is 0 Å². The lowest BCUT2D eigenvalue weighted by atomic mass is 10.1. The third-order valence-corrected chi connectivity index (χ3v) is 5.99. The van der Waals surface area contributed by atoms with Crippen LogP contribution in [0.3, 0.4) is 0 Å². The van der Waals surface area contributed by atoms with Crippen molar-refractivity contribution in [2.45, 2.75) is 12.5 Å². The Kier molecular flexibility index (Phi) is 6.01. The predicted molar refractivity (Wildman–Crippen MR) is 113 cm³/mol. The zero-order chi connectivity index (χ0) is 22.0. The fourth-order valence-corrected chi connectivity index (χ4v) is 4.27. The van der Waals surface area contributed by atoms with E-state index in [1.165, 1.54) is 39.3 Å². The van der Waals surface area contributed by atoms with Crippen LogP contribution in [0.2, 0.25) is 0 Å². The van der Waals surface area contributed by atoms with Crippen LogP contribution in [0.15, 0.2) is 35.7 Å². The average Bonchev–Trinajstić information content (AvgIpc) is 3.47. The van der Waals surface area contributed by atoms with Gasteiger partial charge in [0, 0.05) is 25.8 Å². The molecule has 1 N–H and O–H groups in total. The number of nitrogens with zero attached hydrogens (tertiary/aromatic N) is 2. The summed E-state index contributed by atoms with van der Waals surface area (Å²) in [5.41, 5.74) is 0.764. The molecule has 3 heterocycles. The fourth-order valence-electron chi connectivity index (χ4n) is 3.54. The van der Waals surface area contributed by atoms with Gasteiger partial charge in [0.05, 0.1) is 24.2 Å². The molecule has 4 rings (SSSR count). The number of carbonyl (C=O) groups excluding carboxylic acids is 4. The highest BCUT2D eigenvalue weighted by Crippen LogP contribution is 2.26. The molecule has 0 saturated carbocycles. The van der Waals surface area contributed by atoms with Crippen LogP contribution in [0, 0.1) is 0 Å². The third-order valence-electron chi connectivity index (χ3n) is 5.10. The number of rotatable bonds is 8. The number of nitrogens with one attached hydrogen (secondary N) is 1. The first-order valence-electron chi connectivity index (χ1n) is 9.78. The van der Waals surface area contributed by atoms with Gasteiger partial charge in [-0.25, -0.2) is 4.79 Å².